The molecule has 3 rings (SSSR count). The van der Waals surface area contributed by atoms with E-state index in [2.05, 4.69) is 15.9 Å². The Balaban J connectivity index is 2.35. The first-order chi connectivity index (χ1) is 9.66. The van der Waals surface area contributed by atoms with Crippen LogP contribution in [0.3, 0.4) is 0 Å². The minimum absolute atomic E-state index is 0.140. The minimum atomic E-state index is -0.329. The normalized spacial score (nSPS) is 10.7. The number of nitro benzene ring substituents is 1. The zero-order valence-corrected chi connectivity index (χ0v) is 12.0. The van der Waals surface area contributed by atoms with Gasteiger partial charge in [0.25, 0.3) is 5.69 Å². The standard InChI is InChI=1S/C16H10BrNO2/c17-13-9-7-11(8-10-13)14-5-1-3-12-4-2-6-15(16(12)14)18(19)20/h1-10H. The van der Waals surface area contributed by atoms with E-state index in [9.17, 15) is 10.1 Å². The van der Waals surface area contributed by atoms with Crippen molar-refractivity contribution in [2.45, 2.75) is 0 Å². The van der Waals surface area contributed by atoms with Crippen molar-refractivity contribution in [2.75, 3.05) is 0 Å². The number of hydrogen-bond donors (Lipinski definition) is 0. The highest BCUT2D eigenvalue weighted by atomic mass is 79.9. The average Bonchev–Trinajstić information content (AvgIpc) is 2.47. The summed E-state index contributed by atoms with van der Waals surface area (Å²) < 4.78 is 0.982. The van der Waals surface area contributed by atoms with Crippen LogP contribution in [0.15, 0.2) is 65.1 Å². The Labute approximate surface area is 124 Å². The van der Waals surface area contributed by atoms with Gasteiger partial charge in [0.15, 0.2) is 0 Å². The Morgan fingerprint density at radius 1 is 0.900 bits per heavy atom. The molecule has 0 atom stereocenters. The zero-order chi connectivity index (χ0) is 14.1. The van der Waals surface area contributed by atoms with Crippen molar-refractivity contribution in [3.63, 3.8) is 0 Å². The maximum atomic E-state index is 11.3. The molecular formula is C16H10BrNO2. The Bertz CT molecular complexity index is 792. The Morgan fingerprint density at radius 2 is 1.55 bits per heavy atom. The van der Waals surface area contributed by atoms with E-state index in [4.69, 9.17) is 0 Å². The summed E-state index contributed by atoms with van der Waals surface area (Å²) in [5.74, 6) is 0. The fourth-order valence-corrected chi connectivity index (χ4v) is 2.61. The summed E-state index contributed by atoms with van der Waals surface area (Å²) in [6.45, 7) is 0. The van der Waals surface area contributed by atoms with Crippen LogP contribution in [0, 0.1) is 10.1 Å². The lowest BCUT2D eigenvalue weighted by Crippen LogP contribution is -1.91. The predicted octanol–water partition coefficient (Wildman–Crippen LogP) is 5.18. The molecule has 0 bridgehead atoms. The van der Waals surface area contributed by atoms with Crippen molar-refractivity contribution in [1.82, 2.24) is 0 Å². The molecule has 4 heteroatoms. The van der Waals surface area contributed by atoms with Crippen molar-refractivity contribution in [1.29, 1.82) is 0 Å². The fraction of sp³-hybridized carbons (Fsp3) is 0. The lowest BCUT2D eigenvalue weighted by atomic mass is 9.97. The SMILES string of the molecule is O=[N+]([O-])c1cccc2cccc(-c3ccc(Br)cc3)c12. The van der Waals surface area contributed by atoms with E-state index in [-0.39, 0.29) is 10.6 Å². The summed E-state index contributed by atoms with van der Waals surface area (Å²) in [6.07, 6.45) is 0. The van der Waals surface area contributed by atoms with Crippen LogP contribution in [0.5, 0.6) is 0 Å². The predicted molar refractivity (Wildman–Crippen MR) is 83.7 cm³/mol. The Morgan fingerprint density at radius 3 is 2.20 bits per heavy atom. The second-order valence-corrected chi connectivity index (χ2v) is 5.36. The van der Waals surface area contributed by atoms with Gasteiger partial charge in [-0.05, 0) is 28.6 Å². The number of non-ortho nitro benzene ring substituents is 1. The summed E-state index contributed by atoms with van der Waals surface area (Å²) in [6, 6.07) is 18.7. The van der Waals surface area contributed by atoms with E-state index in [0.717, 1.165) is 21.0 Å². The van der Waals surface area contributed by atoms with Gasteiger partial charge < -0.3 is 0 Å². The van der Waals surface area contributed by atoms with E-state index < -0.39 is 0 Å². The van der Waals surface area contributed by atoms with Crippen LogP contribution >= 0.6 is 15.9 Å². The number of benzene rings is 3. The highest BCUT2D eigenvalue weighted by molar-refractivity contribution is 9.10. The number of nitro groups is 1. The third kappa shape index (κ3) is 2.18. The smallest absolute Gasteiger partial charge is 0.258 e. The topological polar surface area (TPSA) is 43.1 Å². The highest BCUT2D eigenvalue weighted by Gasteiger charge is 2.15. The van der Waals surface area contributed by atoms with E-state index in [1.807, 2.05) is 48.5 Å². The quantitative estimate of drug-likeness (QED) is 0.481. The second kappa shape index (κ2) is 5.06. The molecule has 3 aromatic rings. The van der Waals surface area contributed by atoms with Crippen LogP contribution in [-0.2, 0) is 0 Å². The molecule has 0 unspecified atom stereocenters. The van der Waals surface area contributed by atoms with Crippen LogP contribution in [0.2, 0.25) is 0 Å². The van der Waals surface area contributed by atoms with E-state index in [0.29, 0.717) is 5.39 Å². The van der Waals surface area contributed by atoms with Crippen LogP contribution < -0.4 is 0 Å². The summed E-state index contributed by atoms with van der Waals surface area (Å²) >= 11 is 3.40. The molecule has 0 N–H and O–H groups in total. The molecular weight excluding hydrogens is 318 g/mol. The van der Waals surface area contributed by atoms with Crippen LogP contribution in [-0.4, -0.2) is 4.92 Å². The van der Waals surface area contributed by atoms with E-state index in [1.165, 1.54) is 0 Å². The first-order valence-corrected chi connectivity index (χ1v) is 6.88. The van der Waals surface area contributed by atoms with Crippen LogP contribution in [0.4, 0.5) is 5.69 Å². The van der Waals surface area contributed by atoms with Crippen molar-refractivity contribution in [3.8, 4) is 11.1 Å². The second-order valence-electron chi connectivity index (χ2n) is 4.44. The molecule has 0 aliphatic carbocycles. The third-order valence-corrected chi connectivity index (χ3v) is 3.76. The minimum Gasteiger partial charge on any atom is -0.258 e. The maximum absolute atomic E-state index is 11.3. The summed E-state index contributed by atoms with van der Waals surface area (Å²) in [4.78, 5) is 10.9. The molecule has 0 amide bonds. The molecule has 0 aliphatic rings. The molecule has 0 aromatic heterocycles. The molecule has 0 heterocycles. The van der Waals surface area contributed by atoms with Gasteiger partial charge in [0.1, 0.15) is 0 Å². The van der Waals surface area contributed by atoms with Gasteiger partial charge in [0.05, 0.1) is 10.3 Å². The van der Waals surface area contributed by atoms with Crippen LogP contribution in [0.25, 0.3) is 21.9 Å². The van der Waals surface area contributed by atoms with Gasteiger partial charge in [-0.25, -0.2) is 0 Å². The molecule has 20 heavy (non-hydrogen) atoms. The number of fused-ring (bicyclic) bond motifs is 1. The molecule has 0 fully saturated rings. The third-order valence-electron chi connectivity index (χ3n) is 3.23. The largest absolute Gasteiger partial charge is 0.277 e. The molecule has 0 spiro atoms. The number of hydrogen-bond acceptors (Lipinski definition) is 2. The Hall–Kier alpha value is -2.20. The fourth-order valence-electron chi connectivity index (χ4n) is 2.34. The molecule has 3 nitrogen and oxygen atoms in total. The summed E-state index contributed by atoms with van der Waals surface area (Å²) in [7, 11) is 0. The van der Waals surface area contributed by atoms with E-state index >= 15 is 0 Å². The maximum Gasteiger partial charge on any atom is 0.277 e. The number of nitrogens with zero attached hydrogens (tertiary/aromatic N) is 1. The van der Waals surface area contributed by atoms with Gasteiger partial charge in [0, 0.05) is 10.5 Å². The number of rotatable bonds is 2. The van der Waals surface area contributed by atoms with Crippen LogP contribution in [0.1, 0.15) is 0 Å². The van der Waals surface area contributed by atoms with Crippen molar-refractivity contribution < 1.29 is 4.92 Å². The monoisotopic (exact) mass is 327 g/mol. The van der Waals surface area contributed by atoms with Gasteiger partial charge in [-0.1, -0.05) is 58.4 Å². The lowest BCUT2D eigenvalue weighted by Gasteiger charge is -2.07. The zero-order valence-electron chi connectivity index (χ0n) is 10.4. The number of halogens is 1. The van der Waals surface area contributed by atoms with Gasteiger partial charge in [0.2, 0.25) is 0 Å². The molecule has 0 aliphatic heterocycles. The van der Waals surface area contributed by atoms with Crippen molar-refractivity contribution >= 4 is 32.4 Å². The molecule has 0 saturated heterocycles. The van der Waals surface area contributed by atoms with Gasteiger partial charge >= 0.3 is 0 Å². The molecule has 0 saturated carbocycles. The van der Waals surface area contributed by atoms with Gasteiger partial charge in [-0.2, -0.15) is 0 Å². The summed E-state index contributed by atoms with van der Waals surface area (Å²) in [5, 5.41) is 12.8. The first-order valence-electron chi connectivity index (χ1n) is 6.09. The molecule has 0 radical (unpaired) electrons. The lowest BCUT2D eigenvalue weighted by molar-refractivity contribution is -0.383. The van der Waals surface area contributed by atoms with Crippen molar-refractivity contribution in [2.24, 2.45) is 0 Å². The van der Waals surface area contributed by atoms with Gasteiger partial charge in [-0.15, -0.1) is 0 Å². The molecule has 3 aromatic carbocycles. The summed E-state index contributed by atoms with van der Waals surface area (Å²) in [5.41, 5.74) is 1.98. The van der Waals surface area contributed by atoms with Crippen molar-refractivity contribution in [3.05, 3.63) is 75.3 Å². The van der Waals surface area contributed by atoms with Gasteiger partial charge in [-0.3, -0.25) is 10.1 Å². The average molecular weight is 328 g/mol. The van der Waals surface area contributed by atoms with E-state index in [1.54, 1.807) is 12.1 Å². The highest BCUT2D eigenvalue weighted by Crippen LogP contribution is 2.35. The first kappa shape index (κ1) is 12.8. The molecule has 98 valence electrons. The Kier molecular flexibility index (Phi) is 3.24.